The van der Waals surface area contributed by atoms with Crippen LogP contribution in [0.15, 0.2) is 0 Å². The zero-order valence-electron chi connectivity index (χ0n) is 8.14. The van der Waals surface area contributed by atoms with E-state index in [1.165, 1.54) is 6.92 Å². The third kappa shape index (κ3) is 16.0. The van der Waals surface area contributed by atoms with Crippen LogP contribution in [0.3, 0.4) is 0 Å². The molecule has 0 amide bonds. The van der Waals surface area contributed by atoms with Gasteiger partial charge in [0.05, 0.1) is 6.61 Å². The van der Waals surface area contributed by atoms with Crippen molar-refractivity contribution in [2.24, 2.45) is 0 Å². The first-order valence-corrected chi connectivity index (χ1v) is 3.82. The van der Waals surface area contributed by atoms with Crippen LogP contribution in [-0.2, 0) is 14.3 Å². The van der Waals surface area contributed by atoms with E-state index in [-0.39, 0.29) is 17.7 Å². The molecule has 74 valence electrons. The molecule has 0 atom stereocenters. The van der Waals surface area contributed by atoms with Gasteiger partial charge in [-0.05, 0) is 13.8 Å². The quantitative estimate of drug-likeness (QED) is 0.472. The third-order valence-electron chi connectivity index (χ3n) is 0.699. The molecule has 4 nitrogen and oxygen atoms in total. The van der Waals surface area contributed by atoms with Crippen LogP contribution in [0.4, 0.5) is 0 Å². The minimum atomic E-state index is -0.440. The lowest BCUT2D eigenvalue weighted by Crippen LogP contribution is -2.07. The van der Waals surface area contributed by atoms with Gasteiger partial charge in [0, 0.05) is 0 Å². The summed E-state index contributed by atoms with van der Waals surface area (Å²) in [4.78, 5) is 20.6. The van der Waals surface area contributed by atoms with Crippen molar-refractivity contribution in [1.29, 1.82) is 0 Å². The van der Waals surface area contributed by atoms with Crippen LogP contribution in [0, 0.1) is 0 Å². The highest BCUT2D eigenvalue weighted by molar-refractivity contribution is 5.94. The van der Waals surface area contributed by atoms with Gasteiger partial charge in [0.25, 0.3) is 0 Å². The molecule has 0 bridgehead atoms. The number of carbonyl (C=O) groups excluding carboxylic acids is 2. The van der Waals surface area contributed by atoms with Gasteiger partial charge in [0.2, 0.25) is 0 Å². The van der Waals surface area contributed by atoms with Crippen LogP contribution in [0.25, 0.3) is 0 Å². The molecular formula is C8H18O4. The Morgan fingerprint density at radius 3 is 1.92 bits per heavy atom. The number of hydrogen-bond acceptors (Lipinski definition) is 3. The lowest BCUT2D eigenvalue weighted by molar-refractivity contribution is -0.145. The van der Waals surface area contributed by atoms with Crippen molar-refractivity contribution >= 4 is 11.8 Å². The van der Waals surface area contributed by atoms with Gasteiger partial charge in [0.1, 0.15) is 12.2 Å². The maximum absolute atomic E-state index is 10.4. The number of hydrogen-bond donors (Lipinski definition) is 0. The van der Waals surface area contributed by atoms with Crippen LogP contribution in [0.5, 0.6) is 0 Å². The Labute approximate surface area is 73.2 Å². The molecule has 0 aliphatic carbocycles. The summed E-state index contributed by atoms with van der Waals surface area (Å²) in [5.74, 6) is -0.599. The topological polar surface area (TPSA) is 74.9 Å². The monoisotopic (exact) mass is 178 g/mol. The first-order chi connectivity index (χ1) is 5.16. The van der Waals surface area contributed by atoms with Gasteiger partial charge in [-0.15, -0.1) is 0 Å². The minimum absolute atomic E-state index is 0. The van der Waals surface area contributed by atoms with Gasteiger partial charge >= 0.3 is 5.97 Å². The Balaban J connectivity index is -0.000000249. The minimum Gasteiger partial charge on any atom is -0.466 e. The third-order valence-corrected chi connectivity index (χ3v) is 0.699. The Bertz CT molecular complexity index is 120. The predicted molar refractivity (Wildman–Crippen MR) is 46.9 cm³/mol. The second-order valence-corrected chi connectivity index (χ2v) is 1.68. The summed E-state index contributed by atoms with van der Waals surface area (Å²) in [5.41, 5.74) is 0. The number of esters is 1. The van der Waals surface area contributed by atoms with Crippen molar-refractivity contribution in [3.63, 3.8) is 0 Å². The molecule has 2 N–H and O–H groups in total. The van der Waals surface area contributed by atoms with E-state index in [1.54, 1.807) is 6.92 Å². The molecule has 0 aliphatic rings. The molecule has 0 spiro atoms. The maximum Gasteiger partial charge on any atom is 0.313 e. The van der Waals surface area contributed by atoms with Crippen LogP contribution in [0.1, 0.15) is 34.1 Å². The summed E-state index contributed by atoms with van der Waals surface area (Å²) in [6.07, 6.45) is -0.103. The summed E-state index contributed by atoms with van der Waals surface area (Å²) >= 11 is 0. The van der Waals surface area contributed by atoms with E-state index in [1.807, 2.05) is 13.8 Å². The molecule has 0 heterocycles. The van der Waals surface area contributed by atoms with E-state index < -0.39 is 5.97 Å². The van der Waals surface area contributed by atoms with E-state index in [0.29, 0.717) is 6.61 Å². The van der Waals surface area contributed by atoms with Gasteiger partial charge in [-0.1, -0.05) is 13.8 Å². The molecule has 0 rings (SSSR count). The molecular weight excluding hydrogens is 160 g/mol. The number of Topliss-reactive ketones (excluding diaryl/α,β-unsaturated/α-hetero) is 1. The van der Waals surface area contributed by atoms with Crippen LogP contribution in [0.2, 0.25) is 0 Å². The molecule has 0 aliphatic heterocycles. The summed E-state index contributed by atoms with van der Waals surface area (Å²) in [7, 11) is 0. The van der Waals surface area contributed by atoms with Crippen molar-refractivity contribution in [3.05, 3.63) is 0 Å². The Kier molecular flexibility index (Phi) is 18.3. The SMILES string of the molecule is CC.CCOC(=O)CC(C)=O.O. The van der Waals surface area contributed by atoms with E-state index in [9.17, 15) is 9.59 Å². The van der Waals surface area contributed by atoms with Gasteiger partial charge < -0.3 is 10.2 Å². The maximum atomic E-state index is 10.4. The summed E-state index contributed by atoms with van der Waals surface area (Å²) in [6.45, 7) is 7.40. The number of ether oxygens (including phenoxy) is 1. The van der Waals surface area contributed by atoms with Crippen molar-refractivity contribution in [2.45, 2.75) is 34.1 Å². The Morgan fingerprint density at radius 2 is 1.67 bits per heavy atom. The standard InChI is InChI=1S/C6H10O3.C2H6.H2O/c1-3-9-6(8)4-5(2)7;1-2;/h3-4H2,1-2H3;1-2H3;1H2. The second kappa shape index (κ2) is 12.7. The van der Waals surface area contributed by atoms with Crippen LogP contribution in [-0.4, -0.2) is 23.8 Å². The fourth-order valence-corrected chi connectivity index (χ4v) is 0.415. The van der Waals surface area contributed by atoms with Crippen molar-refractivity contribution < 1.29 is 19.8 Å². The summed E-state index contributed by atoms with van der Waals surface area (Å²) in [5, 5.41) is 0. The second-order valence-electron chi connectivity index (χ2n) is 1.68. The van der Waals surface area contributed by atoms with E-state index >= 15 is 0 Å². The van der Waals surface area contributed by atoms with Crippen LogP contribution < -0.4 is 0 Å². The average Bonchev–Trinajstić information content (AvgIpc) is 1.91. The van der Waals surface area contributed by atoms with Gasteiger partial charge in [0.15, 0.2) is 0 Å². The first-order valence-electron chi connectivity index (χ1n) is 3.82. The molecule has 12 heavy (non-hydrogen) atoms. The number of carbonyl (C=O) groups is 2. The van der Waals surface area contributed by atoms with Gasteiger partial charge in [-0.2, -0.15) is 0 Å². The van der Waals surface area contributed by atoms with E-state index in [2.05, 4.69) is 4.74 Å². The molecule has 0 saturated carbocycles. The lowest BCUT2D eigenvalue weighted by Gasteiger charge is -1.96. The molecule has 0 aromatic rings. The van der Waals surface area contributed by atoms with Crippen molar-refractivity contribution in [3.8, 4) is 0 Å². The fraction of sp³-hybridized carbons (Fsp3) is 0.750. The molecule has 0 aromatic heterocycles. The lowest BCUT2D eigenvalue weighted by atomic mass is 10.3. The molecule has 0 fully saturated rings. The largest absolute Gasteiger partial charge is 0.466 e. The molecule has 0 aromatic carbocycles. The smallest absolute Gasteiger partial charge is 0.313 e. The van der Waals surface area contributed by atoms with E-state index in [0.717, 1.165) is 0 Å². The average molecular weight is 178 g/mol. The summed E-state index contributed by atoms with van der Waals surface area (Å²) < 4.78 is 4.49. The number of rotatable bonds is 3. The molecule has 0 unspecified atom stereocenters. The van der Waals surface area contributed by atoms with Crippen molar-refractivity contribution in [1.82, 2.24) is 0 Å². The van der Waals surface area contributed by atoms with Crippen molar-refractivity contribution in [2.75, 3.05) is 6.61 Å². The van der Waals surface area contributed by atoms with Gasteiger partial charge in [-0.3, -0.25) is 9.59 Å². The van der Waals surface area contributed by atoms with E-state index in [4.69, 9.17) is 0 Å². The summed E-state index contributed by atoms with van der Waals surface area (Å²) in [6, 6.07) is 0. The normalized spacial score (nSPS) is 7.00. The Hall–Kier alpha value is -0.900. The molecule has 0 saturated heterocycles. The molecule has 0 radical (unpaired) electrons. The molecule has 4 heteroatoms. The zero-order chi connectivity index (χ0) is 9.28. The highest BCUT2D eigenvalue weighted by Crippen LogP contribution is 1.86. The van der Waals surface area contributed by atoms with Crippen LogP contribution >= 0.6 is 0 Å². The van der Waals surface area contributed by atoms with Gasteiger partial charge in [-0.25, -0.2) is 0 Å². The first kappa shape index (κ1) is 17.3. The highest BCUT2D eigenvalue weighted by Gasteiger charge is 2.03. The fourth-order valence-electron chi connectivity index (χ4n) is 0.415. The Morgan fingerprint density at radius 1 is 1.25 bits per heavy atom. The zero-order valence-corrected chi connectivity index (χ0v) is 8.14. The predicted octanol–water partition coefficient (Wildman–Crippen LogP) is 0.730. The highest BCUT2D eigenvalue weighted by atomic mass is 16.5. The number of ketones is 1.